The zero-order chi connectivity index (χ0) is 33.0. The maximum Gasteiger partial charge on any atom is 0.315 e. The topological polar surface area (TPSA) is 98.8 Å². The van der Waals surface area contributed by atoms with E-state index in [1.807, 2.05) is 56.3 Å². The van der Waals surface area contributed by atoms with Crippen molar-refractivity contribution >= 4 is 34.4 Å². The van der Waals surface area contributed by atoms with Crippen molar-refractivity contribution in [1.82, 2.24) is 20.4 Å². The Morgan fingerprint density at radius 3 is 2.17 bits per heavy atom. The minimum Gasteiger partial charge on any atom is -0.352 e. The van der Waals surface area contributed by atoms with Gasteiger partial charge in [0.2, 0.25) is 17.7 Å². The van der Waals surface area contributed by atoms with E-state index in [-0.39, 0.29) is 43.8 Å². The normalized spacial score (nSPS) is 18.2. The largest absolute Gasteiger partial charge is 0.352 e. The lowest BCUT2D eigenvalue weighted by Crippen LogP contribution is -2.66. The second kappa shape index (κ2) is 14.3. The average molecular weight is 637 g/mol. The summed E-state index contributed by atoms with van der Waals surface area (Å²) in [4.78, 5) is 56.9. The Hall–Kier alpha value is -4.41. The van der Waals surface area contributed by atoms with Crippen LogP contribution in [0.1, 0.15) is 44.2 Å². The first-order valence-corrected chi connectivity index (χ1v) is 15.7. The van der Waals surface area contributed by atoms with Gasteiger partial charge in [0.15, 0.2) is 0 Å². The summed E-state index contributed by atoms with van der Waals surface area (Å²) < 4.78 is 40.1. The van der Waals surface area contributed by atoms with Crippen LogP contribution in [0.25, 0.3) is 10.8 Å². The third-order valence-electron chi connectivity index (χ3n) is 8.58. The Morgan fingerprint density at radius 2 is 1.52 bits per heavy atom. The van der Waals surface area contributed by atoms with Crippen LogP contribution in [0, 0.1) is 11.7 Å². The fraction of sp³-hybridized carbons (Fsp3) is 0.429. The predicted molar refractivity (Wildman–Crippen MR) is 167 cm³/mol. The SMILES string of the molecule is CC(C)NC(=O)[C@H](Cc1ccc2ccccc2c1)N1CCN(C(=O)[C@@H](Cc2ccc(F)cc2)NC(=O)C(F)F)[C@@H](CC2CC2)C1=O. The fourth-order valence-corrected chi connectivity index (χ4v) is 6.08. The number of fused-ring (bicyclic) bond motifs is 1. The molecule has 46 heavy (non-hydrogen) atoms. The van der Waals surface area contributed by atoms with Gasteiger partial charge in [-0.25, -0.2) is 4.39 Å². The van der Waals surface area contributed by atoms with Gasteiger partial charge in [0.05, 0.1) is 0 Å². The number of carbonyl (C=O) groups excluding carboxylic acids is 4. The number of piperazine rings is 1. The number of rotatable bonds is 12. The first-order chi connectivity index (χ1) is 22.0. The van der Waals surface area contributed by atoms with Gasteiger partial charge >= 0.3 is 6.43 Å². The molecule has 0 radical (unpaired) electrons. The molecule has 1 saturated carbocycles. The molecule has 2 N–H and O–H groups in total. The van der Waals surface area contributed by atoms with E-state index < -0.39 is 48.1 Å². The van der Waals surface area contributed by atoms with Crippen LogP contribution in [-0.2, 0) is 32.0 Å². The van der Waals surface area contributed by atoms with Crippen molar-refractivity contribution < 1.29 is 32.3 Å². The smallest absolute Gasteiger partial charge is 0.315 e. The van der Waals surface area contributed by atoms with Gasteiger partial charge in [0.25, 0.3) is 5.91 Å². The van der Waals surface area contributed by atoms with E-state index in [0.717, 1.165) is 29.2 Å². The van der Waals surface area contributed by atoms with E-state index in [1.165, 1.54) is 34.1 Å². The van der Waals surface area contributed by atoms with Crippen LogP contribution in [-0.4, -0.2) is 77.1 Å². The molecule has 5 rings (SSSR count). The molecule has 2 aliphatic rings. The second-order valence-corrected chi connectivity index (χ2v) is 12.5. The Kier molecular flexibility index (Phi) is 10.3. The lowest BCUT2D eigenvalue weighted by atomic mass is 9.96. The van der Waals surface area contributed by atoms with Crippen molar-refractivity contribution in [3.05, 3.63) is 83.7 Å². The van der Waals surface area contributed by atoms with Gasteiger partial charge in [-0.15, -0.1) is 0 Å². The summed E-state index contributed by atoms with van der Waals surface area (Å²) in [6.45, 7) is 3.78. The zero-order valence-electron chi connectivity index (χ0n) is 25.9. The minimum atomic E-state index is -3.35. The molecule has 1 saturated heterocycles. The molecule has 0 spiro atoms. The van der Waals surface area contributed by atoms with Crippen molar-refractivity contribution in [2.24, 2.45) is 5.92 Å². The summed E-state index contributed by atoms with van der Waals surface area (Å²) in [7, 11) is 0. The fourth-order valence-electron chi connectivity index (χ4n) is 6.08. The van der Waals surface area contributed by atoms with Crippen molar-refractivity contribution in [3.63, 3.8) is 0 Å². The molecule has 0 aromatic heterocycles. The monoisotopic (exact) mass is 636 g/mol. The third-order valence-corrected chi connectivity index (χ3v) is 8.58. The van der Waals surface area contributed by atoms with Gasteiger partial charge in [-0.1, -0.05) is 67.4 Å². The zero-order valence-corrected chi connectivity index (χ0v) is 25.9. The van der Waals surface area contributed by atoms with E-state index in [0.29, 0.717) is 12.0 Å². The molecule has 244 valence electrons. The summed E-state index contributed by atoms with van der Waals surface area (Å²) >= 11 is 0. The minimum absolute atomic E-state index is 0.0432. The number of hydrogen-bond acceptors (Lipinski definition) is 4. The Bertz CT molecular complexity index is 1580. The maximum absolute atomic E-state index is 14.3. The number of carbonyl (C=O) groups is 4. The summed E-state index contributed by atoms with van der Waals surface area (Å²) in [5.41, 5.74) is 1.33. The molecule has 2 fully saturated rings. The van der Waals surface area contributed by atoms with Crippen LogP contribution in [0.15, 0.2) is 66.7 Å². The first-order valence-electron chi connectivity index (χ1n) is 15.7. The highest BCUT2D eigenvalue weighted by Gasteiger charge is 2.45. The number of hydrogen-bond donors (Lipinski definition) is 2. The molecule has 3 atom stereocenters. The first kappa shape index (κ1) is 33.0. The summed E-state index contributed by atoms with van der Waals surface area (Å²) in [5, 5.41) is 7.14. The highest BCUT2D eigenvalue weighted by molar-refractivity contribution is 5.96. The number of alkyl halides is 2. The van der Waals surface area contributed by atoms with E-state index in [4.69, 9.17) is 0 Å². The summed E-state index contributed by atoms with van der Waals surface area (Å²) in [6.07, 6.45) is -1.11. The van der Waals surface area contributed by atoms with Crippen LogP contribution in [0.3, 0.4) is 0 Å². The summed E-state index contributed by atoms with van der Waals surface area (Å²) in [6, 6.07) is 15.6. The predicted octanol–water partition coefficient (Wildman–Crippen LogP) is 4.25. The number of nitrogens with one attached hydrogen (secondary N) is 2. The van der Waals surface area contributed by atoms with E-state index in [2.05, 4.69) is 10.6 Å². The van der Waals surface area contributed by atoms with E-state index in [1.54, 1.807) is 0 Å². The molecule has 1 heterocycles. The lowest BCUT2D eigenvalue weighted by Gasteiger charge is -2.44. The van der Waals surface area contributed by atoms with Crippen LogP contribution >= 0.6 is 0 Å². The van der Waals surface area contributed by atoms with E-state index in [9.17, 15) is 32.3 Å². The molecule has 8 nitrogen and oxygen atoms in total. The van der Waals surface area contributed by atoms with Crippen LogP contribution in [0.4, 0.5) is 13.2 Å². The van der Waals surface area contributed by atoms with Crippen LogP contribution in [0.5, 0.6) is 0 Å². The van der Waals surface area contributed by atoms with Gasteiger partial charge in [-0.05, 0) is 60.2 Å². The quantitative estimate of drug-likeness (QED) is 0.311. The Labute approximate surface area is 266 Å². The molecule has 3 aromatic rings. The molecule has 0 bridgehead atoms. The summed E-state index contributed by atoms with van der Waals surface area (Å²) in [5.74, 6) is -3.27. The highest BCUT2D eigenvalue weighted by atomic mass is 19.3. The van der Waals surface area contributed by atoms with Crippen molar-refractivity contribution in [2.45, 2.75) is 76.5 Å². The third kappa shape index (κ3) is 8.05. The molecule has 1 aliphatic heterocycles. The van der Waals surface area contributed by atoms with Crippen molar-refractivity contribution in [1.29, 1.82) is 0 Å². The molecular weight excluding hydrogens is 597 g/mol. The van der Waals surface area contributed by atoms with Gasteiger partial charge in [0.1, 0.15) is 23.9 Å². The molecule has 0 unspecified atom stereocenters. The van der Waals surface area contributed by atoms with E-state index >= 15 is 0 Å². The van der Waals surface area contributed by atoms with Gasteiger partial charge < -0.3 is 20.4 Å². The van der Waals surface area contributed by atoms with Gasteiger partial charge in [-0.3, -0.25) is 19.2 Å². The van der Waals surface area contributed by atoms with Gasteiger partial charge in [-0.2, -0.15) is 8.78 Å². The van der Waals surface area contributed by atoms with Crippen LogP contribution in [0.2, 0.25) is 0 Å². The molecule has 1 aliphatic carbocycles. The lowest BCUT2D eigenvalue weighted by molar-refractivity contribution is -0.157. The maximum atomic E-state index is 14.3. The standard InChI is InChI=1S/C35H39F3N4O4/c1-21(2)39-32(43)29(20-24-9-12-25-5-3-4-6-26(25)17-24)41-15-16-42(30(35(41)46)19-23-7-8-23)34(45)28(40-33(44)31(37)38)18-22-10-13-27(36)14-11-22/h3-6,9-14,17,21,23,28-31H,7-8,15-16,18-20H2,1-2H3,(H,39,43)(H,40,44)/t28-,29+,30+/m1/s1. The molecule has 4 amide bonds. The van der Waals surface area contributed by atoms with Crippen molar-refractivity contribution in [2.75, 3.05) is 13.1 Å². The van der Waals surface area contributed by atoms with Gasteiger partial charge in [0, 0.05) is 32.0 Å². The highest BCUT2D eigenvalue weighted by Crippen LogP contribution is 2.36. The average Bonchev–Trinajstić information content (AvgIpc) is 3.85. The van der Waals surface area contributed by atoms with Crippen molar-refractivity contribution in [3.8, 4) is 0 Å². The number of amides is 4. The Morgan fingerprint density at radius 1 is 0.848 bits per heavy atom. The molecule has 3 aromatic carbocycles. The Balaban J connectivity index is 1.42. The number of benzene rings is 3. The second-order valence-electron chi connectivity index (χ2n) is 12.5. The number of nitrogens with zero attached hydrogens (tertiary/aromatic N) is 2. The number of halogens is 3. The molecule has 11 heteroatoms. The molecular formula is C35H39F3N4O4. The van der Waals surface area contributed by atoms with Crippen LogP contribution < -0.4 is 10.6 Å².